The first-order valence-electron chi connectivity index (χ1n) is 5.12. The molecule has 0 bridgehead atoms. The Bertz CT molecular complexity index is 185. The van der Waals surface area contributed by atoms with Gasteiger partial charge in [-0.15, -0.1) is 0 Å². The Morgan fingerprint density at radius 2 is 2.31 bits per heavy atom. The number of carboxylic acids is 1. The van der Waals surface area contributed by atoms with Crippen LogP contribution in [0.5, 0.6) is 0 Å². The molecule has 0 aliphatic carbocycles. The molecule has 0 spiro atoms. The zero-order chi connectivity index (χ0) is 9.90. The van der Waals surface area contributed by atoms with Crippen LogP contribution in [0.2, 0.25) is 0 Å². The predicted octanol–water partition coefficient (Wildman–Crippen LogP) is 1.63. The van der Waals surface area contributed by atoms with Gasteiger partial charge in [0.25, 0.3) is 0 Å². The average Bonchev–Trinajstić information content (AvgIpc) is 2.17. The maximum atomic E-state index is 11.2. The van der Waals surface area contributed by atoms with Crippen LogP contribution in [-0.2, 0) is 4.79 Å². The molecule has 1 aliphatic rings. The summed E-state index contributed by atoms with van der Waals surface area (Å²) in [5, 5.41) is 12.4. The van der Waals surface area contributed by atoms with Crippen molar-refractivity contribution in [3.05, 3.63) is 0 Å². The van der Waals surface area contributed by atoms with E-state index in [1.165, 1.54) is 0 Å². The number of rotatable bonds is 3. The van der Waals surface area contributed by atoms with Gasteiger partial charge in [0.1, 0.15) is 5.54 Å². The first-order valence-corrected chi connectivity index (χ1v) is 5.12. The van der Waals surface area contributed by atoms with Crippen molar-refractivity contribution in [3.8, 4) is 0 Å². The SMILES string of the molecule is CCC(C)[C@]1(C(=O)O)CCCCN1. The molecule has 13 heavy (non-hydrogen) atoms. The van der Waals surface area contributed by atoms with Crippen molar-refractivity contribution < 1.29 is 9.90 Å². The number of carboxylic acid groups (broad SMARTS) is 1. The molecule has 0 amide bonds. The van der Waals surface area contributed by atoms with Crippen LogP contribution in [0.4, 0.5) is 0 Å². The van der Waals surface area contributed by atoms with Gasteiger partial charge in [-0.25, -0.2) is 0 Å². The van der Waals surface area contributed by atoms with Crippen molar-refractivity contribution in [3.63, 3.8) is 0 Å². The second-order valence-corrected chi connectivity index (χ2v) is 3.97. The van der Waals surface area contributed by atoms with Gasteiger partial charge in [0, 0.05) is 0 Å². The van der Waals surface area contributed by atoms with Crippen molar-refractivity contribution in [1.82, 2.24) is 5.32 Å². The maximum Gasteiger partial charge on any atom is 0.324 e. The van der Waals surface area contributed by atoms with Crippen LogP contribution in [0.3, 0.4) is 0 Å². The lowest BCUT2D eigenvalue weighted by Gasteiger charge is -2.39. The van der Waals surface area contributed by atoms with E-state index in [4.69, 9.17) is 0 Å². The van der Waals surface area contributed by atoms with Crippen LogP contribution in [-0.4, -0.2) is 23.2 Å². The second-order valence-electron chi connectivity index (χ2n) is 3.97. The molecule has 0 radical (unpaired) electrons. The third-order valence-electron chi connectivity index (χ3n) is 3.27. The van der Waals surface area contributed by atoms with Crippen molar-refractivity contribution >= 4 is 5.97 Å². The van der Waals surface area contributed by atoms with Crippen molar-refractivity contribution in [2.24, 2.45) is 5.92 Å². The summed E-state index contributed by atoms with van der Waals surface area (Å²) >= 11 is 0. The summed E-state index contributed by atoms with van der Waals surface area (Å²) < 4.78 is 0. The molecule has 1 fully saturated rings. The summed E-state index contributed by atoms with van der Waals surface area (Å²) in [5.41, 5.74) is -0.646. The van der Waals surface area contributed by atoms with Gasteiger partial charge in [0.05, 0.1) is 0 Å². The first kappa shape index (κ1) is 10.5. The summed E-state index contributed by atoms with van der Waals surface area (Å²) in [7, 11) is 0. The highest BCUT2D eigenvalue weighted by Gasteiger charge is 2.43. The molecule has 2 N–H and O–H groups in total. The van der Waals surface area contributed by atoms with E-state index < -0.39 is 11.5 Å². The van der Waals surface area contributed by atoms with Gasteiger partial charge in [-0.3, -0.25) is 4.79 Å². The lowest BCUT2D eigenvalue weighted by molar-refractivity contribution is -0.148. The van der Waals surface area contributed by atoms with Gasteiger partial charge in [-0.1, -0.05) is 20.3 Å². The van der Waals surface area contributed by atoms with Crippen LogP contribution < -0.4 is 5.32 Å². The van der Waals surface area contributed by atoms with Crippen molar-refractivity contribution in [2.45, 2.75) is 45.1 Å². The minimum atomic E-state index is -0.679. The van der Waals surface area contributed by atoms with E-state index in [0.717, 1.165) is 32.2 Å². The molecule has 1 heterocycles. The normalized spacial score (nSPS) is 31.2. The largest absolute Gasteiger partial charge is 0.480 e. The highest BCUT2D eigenvalue weighted by Crippen LogP contribution is 2.29. The standard InChI is InChI=1S/C10H19NO2/c1-3-8(2)10(9(12)13)6-4-5-7-11-10/h8,11H,3-7H2,1-2H3,(H,12,13)/t8?,10-/m0/s1. The average molecular weight is 185 g/mol. The van der Waals surface area contributed by atoms with Crippen LogP contribution >= 0.6 is 0 Å². The Labute approximate surface area is 79.5 Å². The van der Waals surface area contributed by atoms with Crippen molar-refractivity contribution in [2.75, 3.05) is 6.54 Å². The molecule has 1 rings (SSSR count). The summed E-state index contributed by atoms with van der Waals surface area (Å²) in [6.45, 7) is 4.91. The van der Waals surface area contributed by atoms with Crippen LogP contribution in [0.15, 0.2) is 0 Å². The number of nitrogens with one attached hydrogen (secondary N) is 1. The zero-order valence-corrected chi connectivity index (χ0v) is 8.47. The van der Waals surface area contributed by atoms with Crippen LogP contribution in [0.25, 0.3) is 0 Å². The third kappa shape index (κ3) is 1.85. The minimum Gasteiger partial charge on any atom is -0.480 e. The molecule has 76 valence electrons. The van der Waals surface area contributed by atoms with E-state index in [-0.39, 0.29) is 5.92 Å². The Balaban J connectivity index is 2.78. The van der Waals surface area contributed by atoms with E-state index in [2.05, 4.69) is 5.32 Å². The molecule has 0 aromatic heterocycles. The smallest absolute Gasteiger partial charge is 0.324 e. The third-order valence-corrected chi connectivity index (χ3v) is 3.27. The number of carbonyl (C=O) groups is 1. The fourth-order valence-corrected chi connectivity index (χ4v) is 2.09. The first-order chi connectivity index (χ1) is 6.13. The number of piperidine rings is 1. The molecule has 3 nitrogen and oxygen atoms in total. The Morgan fingerprint density at radius 3 is 2.69 bits per heavy atom. The summed E-state index contributed by atoms with van der Waals surface area (Å²) in [4.78, 5) is 11.2. The molecular formula is C10H19NO2. The van der Waals surface area contributed by atoms with Crippen molar-refractivity contribution in [1.29, 1.82) is 0 Å². The number of aliphatic carboxylic acids is 1. The minimum absolute atomic E-state index is 0.213. The van der Waals surface area contributed by atoms with E-state index in [1.807, 2.05) is 13.8 Å². The molecule has 3 heteroatoms. The van der Waals surface area contributed by atoms with E-state index >= 15 is 0 Å². The fourth-order valence-electron chi connectivity index (χ4n) is 2.09. The summed E-state index contributed by atoms with van der Waals surface area (Å²) in [6.07, 6.45) is 3.83. The number of hydrogen-bond donors (Lipinski definition) is 2. The molecule has 1 aliphatic heterocycles. The fraction of sp³-hybridized carbons (Fsp3) is 0.900. The van der Waals surface area contributed by atoms with Gasteiger partial charge in [0.15, 0.2) is 0 Å². The van der Waals surface area contributed by atoms with Gasteiger partial charge >= 0.3 is 5.97 Å². The maximum absolute atomic E-state index is 11.2. The summed E-state index contributed by atoms with van der Waals surface area (Å²) in [6, 6.07) is 0. The molecule has 0 saturated carbocycles. The molecular weight excluding hydrogens is 166 g/mol. The quantitative estimate of drug-likeness (QED) is 0.702. The lowest BCUT2D eigenvalue weighted by atomic mass is 9.77. The second kappa shape index (κ2) is 4.09. The Kier molecular flexibility index (Phi) is 3.31. The summed E-state index contributed by atoms with van der Waals surface area (Å²) in [5.74, 6) is -0.466. The van der Waals surface area contributed by atoms with Crippen LogP contribution in [0.1, 0.15) is 39.5 Å². The zero-order valence-electron chi connectivity index (χ0n) is 8.47. The molecule has 1 saturated heterocycles. The predicted molar refractivity (Wildman–Crippen MR) is 51.7 cm³/mol. The highest BCUT2D eigenvalue weighted by molar-refractivity contribution is 5.79. The Hall–Kier alpha value is -0.570. The number of hydrogen-bond acceptors (Lipinski definition) is 2. The van der Waals surface area contributed by atoms with Crippen LogP contribution in [0, 0.1) is 5.92 Å². The molecule has 0 aromatic rings. The molecule has 2 atom stereocenters. The van der Waals surface area contributed by atoms with E-state index in [9.17, 15) is 9.90 Å². The monoisotopic (exact) mass is 185 g/mol. The molecule has 1 unspecified atom stereocenters. The van der Waals surface area contributed by atoms with E-state index in [0.29, 0.717) is 0 Å². The van der Waals surface area contributed by atoms with E-state index in [1.54, 1.807) is 0 Å². The van der Waals surface area contributed by atoms with Gasteiger partial charge in [0.2, 0.25) is 0 Å². The van der Waals surface area contributed by atoms with Gasteiger partial charge < -0.3 is 10.4 Å². The van der Waals surface area contributed by atoms with Gasteiger partial charge in [-0.05, 0) is 31.7 Å². The Morgan fingerprint density at radius 1 is 1.62 bits per heavy atom. The molecule has 0 aromatic carbocycles. The van der Waals surface area contributed by atoms with Gasteiger partial charge in [-0.2, -0.15) is 0 Å². The topological polar surface area (TPSA) is 49.3 Å². The lowest BCUT2D eigenvalue weighted by Crippen LogP contribution is -2.58. The highest BCUT2D eigenvalue weighted by atomic mass is 16.4.